The van der Waals surface area contributed by atoms with E-state index in [2.05, 4.69) is 33.9 Å². The Morgan fingerprint density at radius 1 is 1.12 bits per heavy atom. The normalized spacial score (nSPS) is 21.7. The summed E-state index contributed by atoms with van der Waals surface area (Å²) in [5.41, 5.74) is -0.629. The minimum Gasteiger partial charge on any atom is -0.444 e. The largest absolute Gasteiger partial charge is 0.444 e. The molecule has 0 aliphatic carbocycles. The second-order valence-corrected chi connectivity index (χ2v) is 14.2. The van der Waals surface area contributed by atoms with Crippen molar-refractivity contribution in [1.29, 1.82) is 0 Å². The molecule has 0 spiro atoms. The number of hydroxylamine groups is 2. The topological polar surface area (TPSA) is 68.3 Å². The van der Waals surface area contributed by atoms with Crippen LogP contribution in [0.25, 0.3) is 0 Å². The first-order valence-electron chi connectivity index (χ1n) is 9.08. The number of amides is 2. The zero-order chi connectivity index (χ0) is 20.5. The average molecular weight is 389 g/mol. The third kappa shape index (κ3) is 5.69. The van der Waals surface area contributed by atoms with Crippen molar-refractivity contribution in [3.05, 3.63) is 0 Å². The molecule has 0 radical (unpaired) electrons. The molecule has 152 valence electrons. The molecule has 2 atom stereocenters. The van der Waals surface area contributed by atoms with Crippen molar-refractivity contribution in [1.82, 2.24) is 9.96 Å². The number of rotatable bonds is 4. The van der Waals surface area contributed by atoms with Crippen LogP contribution < -0.4 is 0 Å². The molecule has 26 heavy (non-hydrogen) atoms. The highest BCUT2D eigenvalue weighted by atomic mass is 28.4. The fraction of sp³-hybridized carbons (Fsp3) is 0.889. The monoisotopic (exact) mass is 388 g/mol. The van der Waals surface area contributed by atoms with Crippen molar-refractivity contribution >= 4 is 20.3 Å². The smallest absolute Gasteiger partial charge is 0.411 e. The molecule has 1 fully saturated rings. The molecule has 1 saturated heterocycles. The van der Waals surface area contributed by atoms with E-state index < -0.39 is 26.1 Å². The number of nitrogens with zero attached hydrogens (tertiary/aromatic N) is 2. The van der Waals surface area contributed by atoms with Gasteiger partial charge in [-0.3, -0.25) is 14.5 Å². The SMILES string of the molecule is CON(C)C(=O)C1CC(O[Si](C)(C)C(C)(C)C)CN1C(=O)OC(C)(C)C. The number of likely N-dealkylation sites (tertiary alicyclic amines) is 1. The van der Waals surface area contributed by atoms with E-state index in [1.165, 1.54) is 19.1 Å². The van der Waals surface area contributed by atoms with E-state index in [1.54, 1.807) is 0 Å². The Labute approximate surface area is 159 Å². The van der Waals surface area contributed by atoms with Crippen molar-refractivity contribution in [3.8, 4) is 0 Å². The highest BCUT2D eigenvalue weighted by molar-refractivity contribution is 6.74. The molecule has 0 saturated carbocycles. The third-order valence-corrected chi connectivity index (χ3v) is 9.56. The van der Waals surface area contributed by atoms with Crippen LogP contribution in [0.4, 0.5) is 4.79 Å². The molecule has 0 aromatic rings. The molecular weight excluding hydrogens is 352 g/mol. The molecular formula is C18H36N2O5Si. The lowest BCUT2D eigenvalue weighted by molar-refractivity contribution is -0.173. The van der Waals surface area contributed by atoms with E-state index in [-0.39, 0.29) is 17.0 Å². The molecule has 1 aliphatic rings. The second-order valence-electron chi connectivity index (χ2n) is 9.40. The number of ether oxygens (including phenoxy) is 1. The van der Waals surface area contributed by atoms with Gasteiger partial charge in [-0.2, -0.15) is 0 Å². The van der Waals surface area contributed by atoms with Crippen LogP contribution in [-0.2, 0) is 18.8 Å². The van der Waals surface area contributed by atoms with Gasteiger partial charge in [0.15, 0.2) is 8.32 Å². The van der Waals surface area contributed by atoms with Gasteiger partial charge in [0.25, 0.3) is 5.91 Å². The summed E-state index contributed by atoms with van der Waals surface area (Å²) in [5.74, 6) is -0.278. The maximum Gasteiger partial charge on any atom is 0.411 e. The highest BCUT2D eigenvalue weighted by Gasteiger charge is 2.47. The number of hydrogen-bond acceptors (Lipinski definition) is 5. The maximum atomic E-state index is 12.7. The Morgan fingerprint density at radius 3 is 2.08 bits per heavy atom. The van der Waals surface area contributed by atoms with Crippen LogP contribution in [0.15, 0.2) is 0 Å². The second kappa shape index (κ2) is 7.86. The van der Waals surface area contributed by atoms with Crippen LogP contribution in [0.2, 0.25) is 18.1 Å². The van der Waals surface area contributed by atoms with Crippen molar-refractivity contribution in [2.45, 2.75) is 83.8 Å². The summed E-state index contributed by atoms with van der Waals surface area (Å²) in [4.78, 5) is 31.8. The number of carbonyl (C=O) groups is 2. The van der Waals surface area contributed by atoms with E-state index >= 15 is 0 Å². The summed E-state index contributed by atoms with van der Waals surface area (Å²) in [5, 5.41) is 1.20. The van der Waals surface area contributed by atoms with Gasteiger partial charge in [-0.15, -0.1) is 0 Å². The van der Waals surface area contributed by atoms with Gasteiger partial charge >= 0.3 is 6.09 Å². The lowest BCUT2D eigenvalue weighted by Gasteiger charge is -2.38. The Bertz CT molecular complexity index is 525. The summed E-state index contributed by atoms with van der Waals surface area (Å²) in [6, 6.07) is -0.649. The molecule has 7 nitrogen and oxygen atoms in total. The Morgan fingerprint density at radius 2 is 1.65 bits per heavy atom. The molecule has 0 bridgehead atoms. The lowest BCUT2D eigenvalue weighted by atomic mass is 10.2. The van der Waals surface area contributed by atoms with Gasteiger partial charge in [0.2, 0.25) is 0 Å². The van der Waals surface area contributed by atoms with Crippen LogP contribution in [0.5, 0.6) is 0 Å². The van der Waals surface area contributed by atoms with E-state index in [1.807, 2.05) is 20.8 Å². The van der Waals surface area contributed by atoms with Gasteiger partial charge in [0.1, 0.15) is 11.6 Å². The Balaban J connectivity index is 3.01. The Hall–Kier alpha value is -1.12. The molecule has 0 aromatic heterocycles. The van der Waals surface area contributed by atoms with Crippen molar-refractivity contribution in [2.75, 3.05) is 20.7 Å². The molecule has 1 heterocycles. The zero-order valence-electron chi connectivity index (χ0n) is 18.0. The number of carbonyl (C=O) groups excluding carboxylic acids is 2. The van der Waals surface area contributed by atoms with Gasteiger partial charge in [-0.25, -0.2) is 9.86 Å². The highest BCUT2D eigenvalue weighted by Crippen LogP contribution is 2.39. The van der Waals surface area contributed by atoms with Crippen molar-refractivity contribution in [2.24, 2.45) is 0 Å². The summed E-state index contributed by atoms with van der Waals surface area (Å²) in [6.45, 7) is 16.6. The van der Waals surface area contributed by atoms with E-state index in [4.69, 9.17) is 14.0 Å². The fourth-order valence-electron chi connectivity index (χ4n) is 2.53. The molecule has 0 N–H and O–H groups in total. The maximum absolute atomic E-state index is 12.7. The molecule has 0 aromatic carbocycles. The molecule has 1 aliphatic heterocycles. The van der Waals surface area contributed by atoms with Gasteiger partial charge in [0.05, 0.1) is 13.2 Å². The van der Waals surface area contributed by atoms with Crippen molar-refractivity contribution < 1.29 is 23.6 Å². The molecule has 8 heteroatoms. The van der Waals surface area contributed by atoms with Crippen LogP contribution in [0.3, 0.4) is 0 Å². The van der Waals surface area contributed by atoms with Gasteiger partial charge in [-0.05, 0) is 38.9 Å². The minimum atomic E-state index is -2.02. The summed E-state index contributed by atoms with van der Waals surface area (Å²) in [6.07, 6.45) is -0.248. The first kappa shape index (κ1) is 22.9. The predicted octanol–water partition coefficient (Wildman–Crippen LogP) is 3.41. The molecule has 1 rings (SSSR count). The fourth-order valence-corrected chi connectivity index (χ4v) is 3.89. The quantitative estimate of drug-likeness (QED) is 0.545. The van der Waals surface area contributed by atoms with E-state index in [9.17, 15) is 9.59 Å². The van der Waals surface area contributed by atoms with Crippen LogP contribution in [-0.4, -0.2) is 68.7 Å². The van der Waals surface area contributed by atoms with Crippen LogP contribution in [0.1, 0.15) is 48.0 Å². The third-order valence-electron chi connectivity index (χ3n) is 5.03. The minimum absolute atomic E-state index is 0.0508. The lowest BCUT2D eigenvalue weighted by Crippen LogP contribution is -2.48. The van der Waals surface area contributed by atoms with Crippen LogP contribution >= 0.6 is 0 Å². The molecule has 2 unspecified atom stereocenters. The van der Waals surface area contributed by atoms with Crippen LogP contribution in [0, 0.1) is 0 Å². The first-order chi connectivity index (χ1) is 11.6. The predicted molar refractivity (Wildman–Crippen MR) is 103 cm³/mol. The van der Waals surface area contributed by atoms with Gasteiger partial charge < -0.3 is 9.16 Å². The Kier molecular flexibility index (Phi) is 6.93. The summed E-state index contributed by atoms with van der Waals surface area (Å²) in [7, 11) is 0.948. The summed E-state index contributed by atoms with van der Waals surface area (Å²) < 4.78 is 11.9. The van der Waals surface area contributed by atoms with Crippen molar-refractivity contribution in [3.63, 3.8) is 0 Å². The number of likely N-dealkylation sites (N-methyl/N-ethyl adjacent to an activating group) is 1. The first-order valence-corrected chi connectivity index (χ1v) is 12.0. The number of hydrogen-bond donors (Lipinski definition) is 0. The average Bonchev–Trinajstić information content (AvgIpc) is 2.85. The molecule has 2 amide bonds. The standard InChI is InChI=1S/C18H36N2O5Si/c1-17(2,3)24-16(22)20-12-13(25-26(9,10)18(4,5)6)11-14(20)15(21)19(7)23-8/h13-14H,11-12H2,1-10H3. The van der Waals surface area contributed by atoms with E-state index in [0.717, 1.165) is 5.06 Å². The zero-order valence-corrected chi connectivity index (χ0v) is 19.0. The van der Waals surface area contributed by atoms with Gasteiger partial charge in [0, 0.05) is 20.0 Å². The summed E-state index contributed by atoms with van der Waals surface area (Å²) >= 11 is 0. The van der Waals surface area contributed by atoms with E-state index in [0.29, 0.717) is 13.0 Å². The van der Waals surface area contributed by atoms with Gasteiger partial charge in [-0.1, -0.05) is 20.8 Å².